The van der Waals surface area contributed by atoms with Gasteiger partial charge in [-0.1, -0.05) is 31.0 Å². The summed E-state index contributed by atoms with van der Waals surface area (Å²) in [6.07, 6.45) is 2.71. The van der Waals surface area contributed by atoms with Gasteiger partial charge in [-0.25, -0.2) is 9.59 Å². The van der Waals surface area contributed by atoms with Gasteiger partial charge in [-0.3, -0.25) is 4.90 Å². The number of aliphatic carboxylic acids is 1. The van der Waals surface area contributed by atoms with Crippen LogP contribution in [0.1, 0.15) is 32.1 Å². The molecule has 4 fully saturated rings. The highest BCUT2D eigenvalue weighted by molar-refractivity contribution is 7.79. The monoisotopic (exact) mass is 405 g/mol. The molecule has 0 spiro atoms. The fourth-order valence-corrected chi connectivity index (χ4v) is 5.07. The number of nitrogens with zero attached hydrogens (tertiary/aromatic N) is 1. The topological polar surface area (TPSA) is 96.3 Å². The molecule has 2 aliphatic heterocycles. The summed E-state index contributed by atoms with van der Waals surface area (Å²) >= 11 is 5.28. The summed E-state index contributed by atoms with van der Waals surface area (Å²) in [7, 11) is 0. The minimum Gasteiger partial charge on any atom is -0.480 e. The van der Waals surface area contributed by atoms with Gasteiger partial charge in [-0.05, 0) is 37.3 Å². The van der Waals surface area contributed by atoms with Crippen LogP contribution in [0, 0.1) is 17.8 Å². The van der Waals surface area contributed by atoms with Crippen LogP contribution < -0.4 is 4.74 Å². The Bertz CT molecular complexity index is 767. The Hall–Kier alpha value is -2.35. The van der Waals surface area contributed by atoms with E-state index >= 15 is 0 Å². The molecule has 2 aliphatic carbocycles. The van der Waals surface area contributed by atoms with Crippen molar-refractivity contribution in [1.29, 1.82) is 0 Å². The number of thiocarbonyl (C=S) groups is 1. The highest BCUT2D eigenvalue weighted by atomic mass is 32.1. The van der Waals surface area contributed by atoms with Crippen LogP contribution in [0.3, 0.4) is 0 Å². The van der Waals surface area contributed by atoms with Gasteiger partial charge in [0.05, 0.1) is 0 Å². The predicted molar refractivity (Wildman–Crippen MR) is 103 cm³/mol. The van der Waals surface area contributed by atoms with Gasteiger partial charge in [-0.2, -0.15) is 0 Å². The first-order valence-electron chi connectivity index (χ1n) is 9.63. The van der Waals surface area contributed by atoms with Crippen LogP contribution in [-0.4, -0.2) is 50.6 Å². The number of para-hydroxylation sites is 1. The van der Waals surface area contributed by atoms with E-state index in [1.807, 2.05) is 18.2 Å². The van der Waals surface area contributed by atoms with E-state index in [-0.39, 0.29) is 17.2 Å². The van der Waals surface area contributed by atoms with Crippen molar-refractivity contribution >= 4 is 29.5 Å². The standard InChI is InChI=1S/C20H23NO6S/c22-18(23)16-13-8-9-15(21(16)19(24)25)14(10-11-6-7-11)17(13)27-20(28)26-12-4-2-1-3-5-12/h1-5,11,13-17H,6-10H2,(H,22,23)(H,24,25)/t13-,14+,15-,16-,17+/m0/s1. The average Bonchev–Trinajstić information content (AvgIpc) is 3.48. The summed E-state index contributed by atoms with van der Waals surface area (Å²) in [5, 5.41) is 19.4. The maximum atomic E-state index is 11.9. The van der Waals surface area contributed by atoms with E-state index in [9.17, 15) is 19.8 Å². The fourth-order valence-electron chi connectivity index (χ4n) is 4.86. The Morgan fingerprint density at radius 2 is 1.82 bits per heavy atom. The molecule has 0 aromatic heterocycles. The number of rotatable bonds is 5. The molecular weight excluding hydrogens is 382 g/mol. The minimum absolute atomic E-state index is 0.0458. The van der Waals surface area contributed by atoms with E-state index < -0.39 is 30.1 Å². The molecule has 0 unspecified atom stereocenters. The molecule has 2 N–H and O–H groups in total. The predicted octanol–water partition coefficient (Wildman–Crippen LogP) is 3.38. The minimum atomic E-state index is -1.18. The van der Waals surface area contributed by atoms with Gasteiger partial charge in [0, 0.05) is 30.1 Å². The molecular formula is C20H23NO6S. The second-order valence-corrected chi connectivity index (χ2v) is 8.21. The number of amides is 1. The lowest BCUT2D eigenvalue weighted by Crippen LogP contribution is -2.69. The molecule has 2 saturated carbocycles. The van der Waals surface area contributed by atoms with E-state index in [2.05, 4.69) is 0 Å². The van der Waals surface area contributed by atoms with E-state index in [4.69, 9.17) is 21.7 Å². The molecule has 5 atom stereocenters. The number of hydrogen-bond acceptors (Lipinski definition) is 5. The molecule has 4 aliphatic rings. The SMILES string of the molecule is O=C(O)[C@@H]1[C@@H]2CC[C@@H]([C@@H](CC3CC3)[C@@H]2OC(=S)Oc2ccccc2)N1C(=O)O. The second-order valence-electron chi connectivity index (χ2n) is 7.87. The first kappa shape index (κ1) is 19.0. The largest absolute Gasteiger partial charge is 0.480 e. The molecule has 2 saturated heterocycles. The molecule has 8 heteroatoms. The number of benzene rings is 1. The Morgan fingerprint density at radius 3 is 2.43 bits per heavy atom. The molecule has 2 bridgehead atoms. The molecule has 0 radical (unpaired) electrons. The van der Waals surface area contributed by atoms with Gasteiger partial charge < -0.3 is 19.7 Å². The van der Waals surface area contributed by atoms with E-state index in [0.717, 1.165) is 24.2 Å². The summed E-state index contributed by atoms with van der Waals surface area (Å²) in [6, 6.07) is 7.54. The van der Waals surface area contributed by atoms with Crippen molar-refractivity contribution in [2.75, 3.05) is 0 Å². The molecule has 2 heterocycles. The first-order valence-corrected chi connectivity index (χ1v) is 10.0. The Labute approximate surface area is 168 Å². The molecule has 1 aromatic rings. The van der Waals surface area contributed by atoms with E-state index in [1.165, 1.54) is 0 Å². The smallest absolute Gasteiger partial charge is 0.408 e. The number of carboxylic acids is 1. The van der Waals surface area contributed by atoms with Crippen LogP contribution in [0.15, 0.2) is 30.3 Å². The van der Waals surface area contributed by atoms with Crippen molar-refractivity contribution in [3.8, 4) is 5.75 Å². The van der Waals surface area contributed by atoms with Gasteiger partial charge in [0.2, 0.25) is 0 Å². The quantitative estimate of drug-likeness (QED) is 0.725. The maximum absolute atomic E-state index is 11.9. The van der Waals surface area contributed by atoms with Crippen molar-refractivity contribution in [1.82, 2.24) is 4.90 Å². The van der Waals surface area contributed by atoms with Crippen molar-refractivity contribution in [2.45, 2.75) is 50.3 Å². The van der Waals surface area contributed by atoms with E-state index in [0.29, 0.717) is 24.5 Å². The lowest BCUT2D eigenvalue weighted by atomic mass is 9.65. The third-order valence-corrected chi connectivity index (χ3v) is 6.33. The van der Waals surface area contributed by atoms with E-state index in [1.54, 1.807) is 12.1 Å². The normalized spacial score (nSPS) is 31.3. The second kappa shape index (κ2) is 7.58. The lowest BCUT2D eigenvalue weighted by molar-refractivity contribution is -0.166. The summed E-state index contributed by atoms with van der Waals surface area (Å²) in [6.45, 7) is 0. The maximum Gasteiger partial charge on any atom is 0.408 e. The Morgan fingerprint density at radius 1 is 1.11 bits per heavy atom. The number of fused-ring (bicyclic) bond motifs is 3. The van der Waals surface area contributed by atoms with Gasteiger partial charge >= 0.3 is 17.3 Å². The van der Waals surface area contributed by atoms with Gasteiger partial charge in [0.15, 0.2) is 0 Å². The van der Waals surface area contributed by atoms with Crippen LogP contribution in [0.25, 0.3) is 0 Å². The van der Waals surface area contributed by atoms with Crippen LogP contribution >= 0.6 is 12.2 Å². The van der Waals surface area contributed by atoms with Crippen molar-refractivity contribution < 1.29 is 29.3 Å². The number of carboxylic acid groups (broad SMARTS) is 2. The lowest BCUT2D eigenvalue weighted by Gasteiger charge is -2.55. The van der Waals surface area contributed by atoms with Crippen molar-refractivity contribution in [3.63, 3.8) is 0 Å². The van der Waals surface area contributed by atoms with Crippen LogP contribution in [0.2, 0.25) is 0 Å². The van der Waals surface area contributed by atoms with Crippen molar-refractivity contribution in [3.05, 3.63) is 30.3 Å². The van der Waals surface area contributed by atoms with Crippen LogP contribution in [-0.2, 0) is 9.53 Å². The van der Waals surface area contributed by atoms with Crippen LogP contribution in [0.5, 0.6) is 5.75 Å². The summed E-state index contributed by atoms with van der Waals surface area (Å²) in [4.78, 5) is 24.9. The average molecular weight is 405 g/mol. The molecule has 1 aromatic carbocycles. The fraction of sp³-hybridized carbons (Fsp3) is 0.550. The number of piperidine rings is 2. The third kappa shape index (κ3) is 3.65. The Kier molecular flexibility index (Phi) is 5.14. The highest BCUT2D eigenvalue weighted by Gasteiger charge is 2.59. The zero-order valence-corrected chi connectivity index (χ0v) is 16.1. The van der Waals surface area contributed by atoms with Crippen LogP contribution in [0.4, 0.5) is 4.79 Å². The third-order valence-electron chi connectivity index (χ3n) is 6.15. The first-order chi connectivity index (χ1) is 13.5. The molecule has 7 nitrogen and oxygen atoms in total. The molecule has 1 amide bonds. The summed E-state index contributed by atoms with van der Waals surface area (Å²) < 4.78 is 11.6. The Balaban J connectivity index is 1.57. The summed E-state index contributed by atoms with van der Waals surface area (Å²) in [5.74, 6) is -0.549. The number of carbonyl (C=O) groups is 2. The summed E-state index contributed by atoms with van der Waals surface area (Å²) in [5.41, 5.74) is 0. The van der Waals surface area contributed by atoms with Crippen molar-refractivity contribution in [2.24, 2.45) is 17.8 Å². The zero-order chi connectivity index (χ0) is 19.8. The van der Waals surface area contributed by atoms with Gasteiger partial charge in [0.1, 0.15) is 17.9 Å². The number of ether oxygens (including phenoxy) is 2. The molecule has 150 valence electrons. The molecule has 28 heavy (non-hydrogen) atoms. The highest BCUT2D eigenvalue weighted by Crippen LogP contribution is 2.50. The zero-order valence-electron chi connectivity index (χ0n) is 15.3. The van der Waals surface area contributed by atoms with Gasteiger partial charge in [0.25, 0.3) is 0 Å². The molecule has 5 rings (SSSR count). The number of hydrogen-bond donors (Lipinski definition) is 2. The van der Waals surface area contributed by atoms with Gasteiger partial charge in [-0.15, -0.1) is 0 Å².